The van der Waals surface area contributed by atoms with E-state index in [0.717, 1.165) is 83.2 Å². The van der Waals surface area contributed by atoms with Crippen LogP contribution < -0.4 is 10.6 Å². The zero-order chi connectivity index (χ0) is 37.5. The van der Waals surface area contributed by atoms with Gasteiger partial charge in [-0.1, -0.05) is 115 Å². The first-order chi connectivity index (χ1) is 28.2. The number of benzene rings is 8. The van der Waals surface area contributed by atoms with E-state index in [9.17, 15) is 0 Å². The number of hydrogen-bond donors (Lipinski definition) is 2. The van der Waals surface area contributed by atoms with E-state index in [-0.39, 0.29) is 12.3 Å². The molecule has 1 aliphatic rings. The van der Waals surface area contributed by atoms with Crippen LogP contribution in [0.3, 0.4) is 0 Å². The van der Waals surface area contributed by atoms with Crippen molar-refractivity contribution in [3.05, 3.63) is 199 Å². The fourth-order valence-electron chi connectivity index (χ4n) is 8.79. The fourth-order valence-corrected chi connectivity index (χ4v) is 8.79. The van der Waals surface area contributed by atoms with Crippen LogP contribution in [-0.4, -0.2) is 10.4 Å². The van der Waals surface area contributed by atoms with Gasteiger partial charge in [-0.25, -0.2) is 4.99 Å². The standard InChI is InChI=1S/C51H34N4O2/c1-3-12-31(13-4-1)49-52-50(32-14-5-2-6-15-32)54-51(53-49)35-24-27-45-40(29-35)39-28-33(23-26-44(39)56-45)34-22-25-38-47(30-34)57-46-21-11-20-43(48(38)46)55-41-18-9-7-16-36(41)37-17-8-10-19-42(37)55/h1-30,49-50,52H,(H,53,54). The average Bonchev–Trinajstić information content (AvgIpc) is 3.95. The molecule has 0 saturated heterocycles. The molecule has 6 nitrogen and oxygen atoms in total. The van der Waals surface area contributed by atoms with Crippen molar-refractivity contribution in [2.45, 2.75) is 12.3 Å². The van der Waals surface area contributed by atoms with Crippen LogP contribution in [0.5, 0.6) is 0 Å². The van der Waals surface area contributed by atoms with Gasteiger partial charge in [0.25, 0.3) is 0 Å². The number of aliphatic imine (C=N–C) groups is 1. The van der Waals surface area contributed by atoms with Gasteiger partial charge in [0, 0.05) is 32.5 Å². The van der Waals surface area contributed by atoms with E-state index in [2.05, 4.69) is 185 Å². The molecule has 6 heteroatoms. The van der Waals surface area contributed by atoms with Crippen LogP contribution in [-0.2, 0) is 0 Å². The van der Waals surface area contributed by atoms with Crippen LogP contribution in [0.2, 0.25) is 0 Å². The van der Waals surface area contributed by atoms with E-state index in [1.165, 1.54) is 21.8 Å². The van der Waals surface area contributed by atoms with Crippen LogP contribution in [0.1, 0.15) is 29.0 Å². The van der Waals surface area contributed by atoms with E-state index in [4.69, 9.17) is 13.8 Å². The molecule has 2 unspecified atom stereocenters. The highest BCUT2D eigenvalue weighted by molar-refractivity contribution is 6.15. The van der Waals surface area contributed by atoms with Crippen molar-refractivity contribution < 1.29 is 8.83 Å². The molecule has 11 aromatic rings. The zero-order valence-electron chi connectivity index (χ0n) is 30.7. The smallest absolute Gasteiger partial charge is 0.137 e. The van der Waals surface area contributed by atoms with Crippen LogP contribution in [0.25, 0.3) is 82.5 Å². The molecular weight excluding hydrogens is 701 g/mol. The summed E-state index contributed by atoms with van der Waals surface area (Å²) in [6.45, 7) is 0. The van der Waals surface area contributed by atoms with Gasteiger partial charge in [0.2, 0.25) is 0 Å². The summed E-state index contributed by atoms with van der Waals surface area (Å²) in [6.07, 6.45) is -0.319. The summed E-state index contributed by atoms with van der Waals surface area (Å²) in [5.41, 5.74) is 12.3. The summed E-state index contributed by atoms with van der Waals surface area (Å²) in [7, 11) is 0. The van der Waals surface area contributed by atoms with Gasteiger partial charge in [-0.3, -0.25) is 5.32 Å². The summed E-state index contributed by atoms with van der Waals surface area (Å²) < 4.78 is 15.4. The van der Waals surface area contributed by atoms with E-state index in [1.54, 1.807) is 0 Å². The normalized spacial score (nSPS) is 15.9. The first kappa shape index (κ1) is 31.9. The second-order valence-electron chi connectivity index (χ2n) is 14.8. The largest absolute Gasteiger partial charge is 0.456 e. The number of aromatic nitrogens is 1. The molecule has 12 rings (SSSR count). The lowest BCUT2D eigenvalue weighted by Crippen LogP contribution is -2.44. The fraction of sp³-hybridized carbons (Fsp3) is 0.0392. The Hall–Kier alpha value is -7.41. The van der Waals surface area contributed by atoms with Gasteiger partial charge in [0.15, 0.2) is 0 Å². The van der Waals surface area contributed by atoms with E-state index in [1.807, 2.05) is 12.1 Å². The Bertz CT molecular complexity index is 3320. The summed E-state index contributed by atoms with van der Waals surface area (Å²) in [5, 5.41) is 14.1. The molecule has 2 N–H and O–H groups in total. The Morgan fingerprint density at radius 2 is 1.04 bits per heavy atom. The second-order valence-corrected chi connectivity index (χ2v) is 14.8. The maximum atomic E-state index is 6.63. The van der Waals surface area contributed by atoms with Crippen molar-refractivity contribution in [3.8, 4) is 16.8 Å². The summed E-state index contributed by atoms with van der Waals surface area (Å²) in [6, 6.07) is 63.8. The van der Waals surface area contributed by atoms with Gasteiger partial charge < -0.3 is 18.7 Å². The Labute approximate surface area is 327 Å². The Morgan fingerprint density at radius 3 is 1.77 bits per heavy atom. The third-order valence-electron chi connectivity index (χ3n) is 11.5. The van der Waals surface area contributed by atoms with Gasteiger partial charge >= 0.3 is 0 Å². The van der Waals surface area contributed by atoms with Crippen molar-refractivity contribution in [1.29, 1.82) is 0 Å². The van der Waals surface area contributed by atoms with Gasteiger partial charge in [-0.2, -0.15) is 0 Å². The molecule has 4 heterocycles. The maximum Gasteiger partial charge on any atom is 0.137 e. The molecule has 1 aliphatic heterocycles. The molecule has 0 fully saturated rings. The van der Waals surface area contributed by atoms with Crippen molar-refractivity contribution in [3.63, 3.8) is 0 Å². The molecule has 0 radical (unpaired) electrons. The predicted molar refractivity (Wildman–Crippen MR) is 232 cm³/mol. The molecule has 0 spiro atoms. The maximum absolute atomic E-state index is 6.63. The van der Waals surface area contributed by atoms with Crippen molar-refractivity contribution >= 4 is 71.5 Å². The number of hydrogen-bond acceptors (Lipinski definition) is 5. The van der Waals surface area contributed by atoms with Crippen LogP contribution in [0, 0.1) is 0 Å². The first-order valence-corrected chi connectivity index (χ1v) is 19.3. The third-order valence-corrected chi connectivity index (χ3v) is 11.5. The highest BCUT2D eigenvalue weighted by atomic mass is 16.3. The minimum atomic E-state index is -0.206. The Morgan fingerprint density at radius 1 is 0.439 bits per heavy atom. The summed E-state index contributed by atoms with van der Waals surface area (Å²) in [4.78, 5) is 5.19. The number of rotatable bonds is 5. The van der Waals surface area contributed by atoms with Gasteiger partial charge in [0.1, 0.15) is 40.5 Å². The molecule has 0 saturated carbocycles. The number of nitrogens with one attached hydrogen (secondary N) is 2. The zero-order valence-corrected chi connectivity index (χ0v) is 30.7. The molecule has 270 valence electrons. The van der Waals surface area contributed by atoms with Crippen molar-refractivity contribution in [1.82, 2.24) is 15.2 Å². The molecule has 0 amide bonds. The lowest BCUT2D eigenvalue weighted by molar-refractivity contribution is 0.409. The minimum Gasteiger partial charge on any atom is -0.456 e. The predicted octanol–water partition coefficient (Wildman–Crippen LogP) is 12.6. The topological polar surface area (TPSA) is 67.6 Å². The molecule has 2 atom stereocenters. The quantitative estimate of drug-likeness (QED) is 0.185. The Balaban J connectivity index is 0.953. The number of fused-ring (bicyclic) bond motifs is 9. The van der Waals surface area contributed by atoms with E-state index >= 15 is 0 Å². The van der Waals surface area contributed by atoms with Gasteiger partial charge in [-0.15, -0.1) is 0 Å². The van der Waals surface area contributed by atoms with Crippen LogP contribution in [0.15, 0.2) is 196 Å². The molecule has 3 aromatic heterocycles. The van der Waals surface area contributed by atoms with Crippen LogP contribution in [0.4, 0.5) is 0 Å². The molecule has 0 aliphatic carbocycles. The minimum absolute atomic E-state index is 0.112. The monoisotopic (exact) mass is 734 g/mol. The highest BCUT2D eigenvalue weighted by Crippen LogP contribution is 2.40. The van der Waals surface area contributed by atoms with E-state index < -0.39 is 0 Å². The molecule has 0 bridgehead atoms. The first-order valence-electron chi connectivity index (χ1n) is 19.3. The molecule has 57 heavy (non-hydrogen) atoms. The highest BCUT2D eigenvalue weighted by Gasteiger charge is 2.26. The lowest BCUT2D eigenvalue weighted by Gasteiger charge is -2.32. The Kier molecular flexibility index (Phi) is 7.03. The number of amidine groups is 1. The van der Waals surface area contributed by atoms with Crippen molar-refractivity contribution in [2.75, 3.05) is 0 Å². The van der Waals surface area contributed by atoms with Crippen molar-refractivity contribution in [2.24, 2.45) is 4.99 Å². The number of furan rings is 2. The van der Waals surface area contributed by atoms with Gasteiger partial charge in [0.05, 0.1) is 22.1 Å². The SMILES string of the molecule is c1ccc(C2N=C(c3ccc4oc5ccc(-c6ccc7c(c6)oc6cccc(-n8c9ccccc9c9ccccc98)c67)cc5c4c3)NC(c3ccccc3)N2)cc1. The molecule has 8 aromatic carbocycles. The van der Waals surface area contributed by atoms with E-state index in [0.29, 0.717) is 0 Å². The third kappa shape index (κ3) is 5.12. The summed E-state index contributed by atoms with van der Waals surface area (Å²) >= 11 is 0. The second kappa shape index (κ2) is 12.6. The molecular formula is C51H34N4O2. The average molecular weight is 735 g/mol. The number of nitrogens with zero attached hydrogens (tertiary/aromatic N) is 2. The van der Waals surface area contributed by atoms with Crippen LogP contribution >= 0.6 is 0 Å². The summed E-state index contributed by atoms with van der Waals surface area (Å²) in [5.74, 6) is 0.833. The lowest BCUT2D eigenvalue weighted by atomic mass is 10.00. The van der Waals surface area contributed by atoms with Gasteiger partial charge in [-0.05, 0) is 89.0 Å². The number of para-hydroxylation sites is 2.